The van der Waals surface area contributed by atoms with Gasteiger partial charge in [-0.15, -0.1) is 0 Å². The highest BCUT2D eigenvalue weighted by Gasteiger charge is 2.16. The number of Topliss-reactive ketones (excluding diaryl/α,β-unsaturated/α-hetero) is 1. The molecule has 82 valence electrons. The Labute approximate surface area is 90.9 Å². The maximum Gasteiger partial charge on any atom is 0.165 e. The van der Waals surface area contributed by atoms with Gasteiger partial charge in [0.2, 0.25) is 0 Å². The zero-order valence-corrected chi connectivity index (χ0v) is 9.31. The van der Waals surface area contributed by atoms with Crippen LogP contribution in [0.3, 0.4) is 0 Å². The predicted molar refractivity (Wildman–Crippen MR) is 60.6 cm³/mol. The summed E-state index contributed by atoms with van der Waals surface area (Å²) in [5.41, 5.74) is 0.963. The van der Waals surface area contributed by atoms with Gasteiger partial charge in [0.15, 0.2) is 5.78 Å². The molecule has 2 nitrogen and oxygen atoms in total. The molecule has 1 aromatic rings. The average molecular weight is 206 g/mol. The van der Waals surface area contributed by atoms with Crippen molar-refractivity contribution in [1.29, 1.82) is 0 Å². The number of benzene rings is 1. The summed E-state index contributed by atoms with van der Waals surface area (Å²) in [5, 5.41) is 9.60. The number of carbonyl (C=O) groups is 1. The molecule has 0 aliphatic carbocycles. The molecule has 2 heteroatoms. The summed E-state index contributed by atoms with van der Waals surface area (Å²) in [7, 11) is 0. The van der Waals surface area contributed by atoms with Crippen molar-refractivity contribution in [3.8, 4) is 0 Å². The number of rotatable bonds is 5. The van der Waals surface area contributed by atoms with E-state index in [-0.39, 0.29) is 5.78 Å². The number of hydrogen-bond acceptors (Lipinski definition) is 2. The molecule has 0 spiro atoms. The van der Waals surface area contributed by atoms with E-state index in [0.29, 0.717) is 18.8 Å². The van der Waals surface area contributed by atoms with E-state index in [4.69, 9.17) is 0 Å². The Morgan fingerprint density at radius 2 is 1.87 bits per heavy atom. The van der Waals surface area contributed by atoms with Crippen LogP contribution in [0.5, 0.6) is 0 Å². The van der Waals surface area contributed by atoms with Crippen molar-refractivity contribution in [3.63, 3.8) is 0 Å². The number of ketones is 1. The number of carbonyl (C=O) groups excluding carboxylic acids is 1. The lowest BCUT2D eigenvalue weighted by Crippen LogP contribution is -2.23. The van der Waals surface area contributed by atoms with Crippen LogP contribution in [0.15, 0.2) is 30.3 Å². The second-order valence-corrected chi connectivity index (χ2v) is 4.27. The third-order valence-electron chi connectivity index (χ3n) is 2.29. The largest absolute Gasteiger partial charge is 0.385 e. The van der Waals surface area contributed by atoms with E-state index in [1.165, 1.54) is 0 Å². The van der Waals surface area contributed by atoms with Gasteiger partial charge in [-0.1, -0.05) is 44.2 Å². The summed E-state index contributed by atoms with van der Waals surface area (Å²) in [6.07, 6.45) is 0.0608. The molecular weight excluding hydrogens is 188 g/mol. The summed E-state index contributed by atoms with van der Waals surface area (Å²) in [5.74, 6) is 0.259. The Morgan fingerprint density at radius 3 is 2.40 bits per heavy atom. The van der Waals surface area contributed by atoms with E-state index in [1.807, 2.05) is 44.2 Å². The van der Waals surface area contributed by atoms with Crippen LogP contribution in [0, 0.1) is 5.92 Å². The summed E-state index contributed by atoms with van der Waals surface area (Å²) >= 11 is 0. The van der Waals surface area contributed by atoms with Gasteiger partial charge in [0.1, 0.15) is 6.10 Å². The molecule has 0 heterocycles. The molecule has 0 aliphatic heterocycles. The molecule has 1 N–H and O–H groups in total. The van der Waals surface area contributed by atoms with Crippen LogP contribution in [-0.2, 0) is 11.2 Å². The molecule has 1 aromatic carbocycles. The lowest BCUT2D eigenvalue weighted by atomic mass is 9.99. The fourth-order valence-corrected chi connectivity index (χ4v) is 1.49. The lowest BCUT2D eigenvalue weighted by molar-refractivity contribution is -0.127. The highest BCUT2D eigenvalue weighted by atomic mass is 16.3. The monoisotopic (exact) mass is 206 g/mol. The minimum atomic E-state index is -0.815. The van der Waals surface area contributed by atoms with Crippen molar-refractivity contribution in [2.24, 2.45) is 5.92 Å². The summed E-state index contributed by atoms with van der Waals surface area (Å²) in [6.45, 7) is 4.00. The maximum absolute atomic E-state index is 11.6. The molecule has 1 rings (SSSR count). The molecule has 0 bridgehead atoms. The Hall–Kier alpha value is -1.15. The van der Waals surface area contributed by atoms with Crippen molar-refractivity contribution < 1.29 is 9.90 Å². The molecule has 0 amide bonds. The van der Waals surface area contributed by atoms with Gasteiger partial charge in [0, 0.05) is 6.42 Å². The summed E-state index contributed by atoms with van der Waals surface area (Å²) < 4.78 is 0. The second-order valence-electron chi connectivity index (χ2n) is 4.27. The molecule has 1 atom stereocenters. The fourth-order valence-electron chi connectivity index (χ4n) is 1.49. The molecule has 15 heavy (non-hydrogen) atoms. The van der Waals surface area contributed by atoms with Gasteiger partial charge in [-0.2, -0.15) is 0 Å². The fraction of sp³-hybridized carbons (Fsp3) is 0.462. The number of aliphatic hydroxyl groups is 1. The molecule has 0 radical (unpaired) electrons. The molecule has 0 saturated carbocycles. The molecular formula is C13H18O2. The first kappa shape index (κ1) is 11.9. The molecule has 0 fully saturated rings. The first-order chi connectivity index (χ1) is 7.09. The zero-order valence-electron chi connectivity index (χ0n) is 9.31. The van der Waals surface area contributed by atoms with Crippen LogP contribution in [0.1, 0.15) is 25.8 Å². The van der Waals surface area contributed by atoms with Crippen LogP contribution in [-0.4, -0.2) is 17.0 Å². The zero-order chi connectivity index (χ0) is 11.3. The standard InChI is InChI=1S/C13H18O2/c1-10(2)8-12(14)13(15)9-11-6-4-3-5-7-11/h3-7,10,12,14H,8-9H2,1-2H3. The topological polar surface area (TPSA) is 37.3 Å². The lowest BCUT2D eigenvalue weighted by Gasteiger charge is -2.11. The number of aliphatic hydroxyl groups excluding tert-OH is 1. The highest BCUT2D eigenvalue weighted by Crippen LogP contribution is 2.08. The minimum absolute atomic E-state index is 0.0881. The van der Waals surface area contributed by atoms with E-state index in [2.05, 4.69) is 0 Å². The Balaban J connectivity index is 2.49. The van der Waals surface area contributed by atoms with Gasteiger partial charge in [-0.3, -0.25) is 4.79 Å². The highest BCUT2D eigenvalue weighted by molar-refractivity contribution is 5.84. The average Bonchev–Trinajstić information content (AvgIpc) is 2.18. The first-order valence-electron chi connectivity index (χ1n) is 5.34. The van der Waals surface area contributed by atoms with Crippen LogP contribution in [0.2, 0.25) is 0 Å². The maximum atomic E-state index is 11.6. The SMILES string of the molecule is CC(C)CC(O)C(=O)Cc1ccccc1. The van der Waals surface area contributed by atoms with E-state index >= 15 is 0 Å². The summed E-state index contributed by atoms with van der Waals surface area (Å²) in [6, 6.07) is 9.52. The second kappa shape index (κ2) is 5.66. The van der Waals surface area contributed by atoms with Gasteiger partial charge in [0.25, 0.3) is 0 Å². The first-order valence-corrected chi connectivity index (χ1v) is 5.34. The number of hydrogen-bond donors (Lipinski definition) is 1. The van der Waals surface area contributed by atoms with Gasteiger partial charge >= 0.3 is 0 Å². The van der Waals surface area contributed by atoms with E-state index in [1.54, 1.807) is 0 Å². The van der Waals surface area contributed by atoms with Gasteiger partial charge in [-0.25, -0.2) is 0 Å². The quantitative estimate of drug-likeness (QED) is 0.802. The van der Waals surface area contributed by atoms with Crippen LogP contribution < -0.4 is 0 Å². The van der Waals surface area contributed by atoms with E-state index in [9.17, 15) is 9.90 Å². The van der Waals surface area contributed by atoms with Gasteiger partial charge in [0.05, 0.1) is 0 Å². The van der Waals surface area contributed by atoms with Gasteiger partial charge in [-0.05, 0) is 17.9 Å². The molecule has 0 aromatic heterocycles. The third-order valence-corrected chi connectivity index (χ3v) is 2.29. The molecule has 0 saturated heterocycles. The van der Waals surface area contributed by atoms with Crippen molar-refractivity contribution in [2.75, 3.05) is 0 Å². The van der Waals surface area contributed by atoms with Crippen LogP contribution in [0.4, 0.5) is 0 Å². The van der Waals surface area contributed by atoms with Gasteiger partial charge < -0.3 is 5.11 Å². The van der Waals surface area contributed by atoms with Crippen LogP contribution >= 0.6 is 0 Å². The van der Waals surface area contributed by atoms with Crippen molar-refractivity contribution in [1.82, 2.24) is 0 Å². The minimum Gasteiger partial charge on any atom is -0.385 e. The third kappa shape index (κ3) is 4.26. The van der Waals surface area contributed by atoms with Crippen molar-refractivity contribution in [2.45, 2.75) is 32.8 Å². The Kier molecular flexibility index (Phi) is 4.50. The Bertz CT molecular complexity index is 304. The van der Waals surface area contributed by atoms with E-state index in [0.717, 1.165) is 5.56 Å². The van der Waals surface area contributed by atoms with Crippen molar-refractivity contribution in [3.05, 3.63) is 35.9 Å². The van der Waals surface area contributed by atoms with E-state index < -0.39 is 6.10 Å². The Morgan fingerprint density at radius 1 is 1.27 bits per heavy atom. The molecule has 1 unspecified atom stereocenters. The normalized spacial score (nSPS) is 12.8. The van der Waals surface area contributed by atoms with Crippen LogP contribution in [0.25, 0.3) is 0 Å². The molecule has 0 aliphatic rings. The van der Waals surface area contributed by atoms with Crippen molar-refractivity contribution >= 4 is 5.78 Å². The smallest absolute Gasteiger partial charge is 0.165 e. The predicted octanol–water partition coefficient (Wildman–Crippen LogP) is 2.21. The summed E-state index contributed by atoms with van der Waals surface area (Å²) in [4.78, 5) is 11.6.